The van der Waals surface area contributed by atoms with Crippen LogP contribution in [0.5, 0.6) is 0 Å². The van der Waals surface area contributed by atoms with Crippen molar-refractivity contribution in [2.45, 2.75) is 33.1 Å². The molecule has 0 radical (unpaired) electrons. The number of hydrogen-bond donors (Lipinski definition) is 0. The van der Waals surface area contributed by atoms with Crippen LogP contribution in [0.25, 0.3) is 10.9 Å². The van der Waals surface area contributed by atoms with Crippen LogP contribution in [-0.4, -0.2) is 4.57 Å². The Morgan fingerprint density at radius 1 is 1.33 bits per heavy atom. The van der Waals surface area contributed by atoms with Gasteiger partial charge in [-0.2, -0.15) is 0 Å². The van der Waals surface area contributed by atoms with Gasteiger partial charge in [0.2, 0.25) is 0 Å². The van der Waals surface area contributed by atoms with Crippen molar-refractivity contribution < 1.29 is 4.39 Å². The lowest BCUT2D eigenvalue weighted by Gasteiger charge is -2.26. The van der Waals surface area contributed by atoms with E-state index in [9.17, 15) is 4.39 Å². The second kappa shape index (κ2) is 4.11. The summed E-state index contributed by atoms with van der Waals surface area (Å²) in [6, 6.07) is 5.20. The van der Waals surface area contributed by atoms with Crippen molar-refractivity contribution in [2.75, 3.05) is 0 Å². The average molecular weight is 245 g/mol. The fourth-order valence-corrected chi connectivity index (χ4v) is 3.34. The van der Waals surface area contributed by atoms with Gasteiger partial charge >= 0.3 is 0 Å². The summed E-state index contributed by atoms with van der Waals surface area (Å²) in [5.74, 6) is 1.36. The van der Waals surface area contributed by atoms with E-state index in [2.05, 4.69) is 25.5 Å². The molecule has 1 aliphatic rings. The Morgan fingerprint density at radius 3 is 2.83 bits per heavy atom. The molecule has 0 fully saturated rings. The molecule has 1 unspecified atom stereocenters. The topological polar surface area (TPSA) is 4.93 Å². The van der Waals surface area contributed by atoms with Gasteiger partial charge in [-0.1, -0.05) is 13.8 Å². The lowest BCUT2D eigenvalue weighted by Crippen LogP contribution is -2.19. The van der Waals surface area contributed by atoms with E-state index in [1.165, 1.54) is 23.1 Å². The summed E-state index contributed by atoms with van der Waals surface area (Å²) >= 11 is 0. The summed E-state index contributed by atoms with van der Waals surface area (Å²) < 4.78 is 15.6. The molecule has 0 saturated carbocycles. The summed E-state index contributed by atoms with van der Waals surface area (Å²) in [4.78, 5) is 0. The number of fused-ring (bicyclic) bond motifs is 3. The number of hydrogen-bond acceptors (Lipinski definition) is 0. The average Bonchev–Trinajstić information content (AvgIpc) is 2.62. The zero-order valence-electron chi connectivity index (χ0n) is 11.3. The van der Waals surface area contributed by atoms with Gasteiger partial charge < -0.3 is 4.57 Å². The molecule has 2 heteroatoms. The molecule has 1 nitrogen and oxygen atoms in total. The lowest BCUT2D eigenvalue weighted by atomic mass is 9.80. The van der Waals surface area contributed by atoms with Crippen molar-refractivity contribution in [3.8, 4) is 0 Å². The van der Waals surface area contributed by atoms with Crippen LogP contribution in [0.3, 0.4) is 0 Å². The third-order valence-corrected chi connectivity index (χ3v) is 4.56. The quantitative estimate of drug-likeness (QED) is 0.713. The van der Waals surface area contributed by atoms with Crippen LogP contribution in [0.4, 0.5) is 4.39 Å². The Kier molecular flexibility index (Phi) is 2.69. The normalized spacial score (nSPS) is 19.5. The van der Waals surface area contributed by atoms with Crippen LogP contribution in [0.1, 0.15) is 31.5 Å². The first kappa shape index (κ1) is 11.8. The minimum Gasteiger partial charge on any atom is -0.347 e. The maximum atomic E-state index is 13.4. The van der Waals surface area contributed by atoms with Gasteiger partial charge in [0, 0.05) is 18.1 Å². The van der Waals surface area contributed by atoms with Crippen LogP contribution in [0.15, 0.2) is 18.2 Å². The molecule has 1 aliphatic carbocycles. The molecule has 0 N–H and O–H groups in total. The largest absolute Gasteiger partial charge is 0.347 e. The molecule has 96 valence electrons. The van der Waals surface area contributed by atoms with E-state index in [0.29, 0.717) is 0 Å². The van der Waals surface area contributed by atoms with Crippen molar-refractivity contribution in [3.63, 3.8) is 0 Å². The first-order chi connectivity index (χ1) is 8.58. The van der Waals surface area contributed by atoms with Crippen LogP contribution in [0.2, 0.25) is 0 Å². The van der Waals surface area contributed by atoms with E-state index in [-0.39, 0.29) is 5.82 Å². The molecule has 0 saturated heterocycles. The molecular formula is C16H20FN. The van der Waals surface area contributed by atoms with Gasteiger partial charge in [-0.05, 0) is 54.9 Å². The van der Waals surface area contributed by atoms with Crippen molar-refractivity contribution in [1.82, 2.24) is 4.57 Å². The predicted octanol–water partition coefficient (Wildman–Crippen LogP) is 4.08. The van der Waals surface area contributed by atoms with Crippen molar-refractivity contribution in [2.24, 2.45) is 18.9 Å². The molecule has 0 aliphatic heterocycles. The fourth-order valence-electron chi connectivity index (χ4n) is 3.34. The Labute approximate surface area is 108 Å². The van der Waals surface area contributed by atoms with Gasteiger partial charge in [-0.25, -0.2) is 4.39 Å². The zero-order chi connectivity index (χ0) is 12.9. The van der Waals surface area contributed by atoms with Crippen molar-refractivity contribution in [3.05, 3.63) is 35.3 Å². The third-order valence-electron chi connectivity index (χ3n) is 4.56. The fraction of sp³-hybridized carbons (Fsp3) is 0.500. The SMILES string of the molecule is CC(C)C1CCc2c(c3ccc(F)cc3n2C)C1. The van der Waals surface area contributed by atoms with Crippen LogP contribution < -0.4 is 0 Å². The molecule has 0 amide bonds. The van der Waals surface area contributed by atoms with Gasteiger partial charge in [-0.3, -0.25) is 0 Å². The molecule has 1 aromatic heterocycles. The standard InChI is InChI=1S/C16H20FN/c1-10(2)11-4-7-15-14(8-11)13-6-5-12(17)9-16(13)18(15)3/h5-6,9-11H,4,7-8H2,1-3H3. The molecule has 2 aromatic rings. The first-order valence-electron chi connectivity index (χ1n) is 6.83. The molecule has 18 heavy (non-hydrogen) atoms. The van der Waals surface area contributed by atoms with Crippen LogP contribution in [-0.2, 0) is 19.9 Å². The summed E-state index contributed by atoms with van der Waals surface area (Å²) in [6.07, 6.45) is 3.54. The minimum atomic E-state index is -0.138. The number of rotatable bonds is 1. The number of aromatic nitrogens is 1. The highest BCUT2D eigenvalue weighted by Crippen LogP contribution is 2.36. The molecular weight excluding hydrogens is 225 g/mol. The zero-order valence-corrected chi connectivity index (χ0v) is 11.3. The molecule has 1 atom stereocenters. The van der Waals surface area contributed by atoms with Gasteiger partial charge in [0.15, 0.2) is 0 Å². The summed E-state index contributed by atoms with van der Waals surface area (Å²) in [5.41, 5.74) is 3.91. The second-order valence-electron chi connectivity index (χ2n) is 5.89. The number of benzene rings is 1. The summed E-state index contributed by atoms with van der Waals surface area (Å²) in [5, 5.41) is 1.25. The van der Waals surface area contributed by atoms with Crippen LogP contribution in [0, 0.1) is 17.7 Å². The number of nitrogens with zero attached hydrogens (tertiary/aromatic N) is 1. The monoisotopic (exact) mass is 245 g/mol. The highest BCUT2D eigenvalue weighted by molar-refractivity contribution is 5.85. The van der Waals surface area contributed by atoms with Gasteiger partial charge in [-0.15, -0.1) is 0 Å². The van der Waals surface area contributed by atoms with Crippen molar-refractivity contribution >= 4 is 10.9 Å². The van der Waals surface area contributed by atoms with Gasteiger partial charge in [0.05, 0.1) is 5.52 Å². The van der Waals surface area contributed by atoms with Gasteiger partial charge in [0.1, 0.15) is 5.82 Å². The Hall–Kier alpha value is -1.31. The summed E-state index contributed by atoms with van der Waals surface area (Å²) in [7, 11) is 2.07. The van der Waals surface area contributed by atoms with E-state index < -0.39 is 0 Å². The molecule has 1 aromatic carbocycles. The first-order valence-corrected chi connectivity index (χ1v) is 6.83. The number of aryl methyl sites for hydroxylation is 1. The van der Waals surface area contributed by atoms with E-state index in [1.54, 1.807) is 12.1 Å². The Balaban J connectivity index is 2.16. The summed E-state index contributed by atoms with van der Waals surface area (Å²) in [6.45, 7) is 4.61. The predicted molar refractivity (Wildman–Crippen MR) is 73.2 cm³/mol. The minimum absolute atomic E-state index is 0.138. The second-order valence-corrected chi connectivity index (χ2v) is 5.89. The van der Waals surface area contributed by atoms with E-state index in [0.717, 1.165) is 30.2 Å². The molecule has 0 spiro atoms. The third kappa shape index (κ3) is 1.66. The lowest BCUT2D eigenvalue weighted by molar-refractivity contribution is 0.340. The molecule has 0 bridgehead atoms. The Morgan fingerprint density at radius 2 is 2.11 bits per heavy atom. The molecule has 3 rings (SSSR count). The Bertz CT molecular complexity index is 595. The van der Waals surface area contributed by atoms with E-state index in [1.807, 2.05) is 6.07 Å². The van der Waals surface area contributed by atoms with Gasteiger partial charge in [0.25, 0.3) is 0 Å². The highest BCUT2D eigenvalue weighted by atomic mass is 19.1. The van der Waals surface area contributed by atoms with E-state index in [4.69, 9.17) is 0 Å². The highest BCUT2D eigenvalue weighted by Gasteiger charge is 2.25. The number of halogens is 1. The smallest absolute Gasteiger partial charge is 0.125 e. The van der Waals surface area contributed by atoms with E-state index >= 15 is 0 Å². The molecule has 1 heterocycles. The maximum Gasteiger partial charge on any atom is 0.125 e. The van der Waals surface area contributed by atoms with Crippen LogP contribution >= 0.6 is 0 Å². The maximum absolute atomic E-state index is 13.4. The van der Waals surface area contributed by atoms with Crippen molar-refractivity contribution in [1.29, 1.82) is 0 Å².